The lowest BCUT2D eigenvalue weighted by Crippen LogP contribution is -2.29. The molecule has 5 rings (SSSR count). The third-order valence-electron chi connectivity index (χ3n) is 7.00. The van der Waals surface area contributed by atoms with Crippen LogP contribution in [0.4, 0.5) is 0 Å². The molecule has 1 saturated heterocycles. The van der Waals surface area contributed by atoms with Crippen LogP contribution in [-0.4, -0.2) is 42.7 Å². The molecule has 0 N–H and O–H groups in total. The van der Waals surface area contributed by atoms with Gasteiger partial charge in [0, 0.05) is 55.1 Å². The molecule has 2 heterocycles. The summed E-state index contributed by atoms with van der Waals surface area (Å²) in [6.45, 7) is 2.47. The standard InChI is InChI=1S/C30H32N2O3/c1-34-24-16-23(17-25(18-24)35-2)27(19-30(33)31-14-8-9-15-31)28-21-32(20-22-10-4-3-5-11-22)29-13-7-6-12-26(28)29/h3-7,10-13,16-18,21,27H,8-9,14-15,19-20H2,1-2H3. The lowest BCUT2D eigenvalue weighted by molar-refractivity contribution is -0.130. The van der Waals surface area contributed by atoms with Gasteiger partial charge in [-0.15, -0.1) is 0 Å². The van der Waals surface area contributed by atoms with Crippen molar-refractivity contribution < 1.29 is 14.3 Å². The lowest BCUT2D eigenvalue weighted by Gasteiger charge is -2.22. The van der Waals surface area contributed by atoms with Crippen molar-refractivity contribution in [2.75, 3.05) is 27.3 Å². The van der Waals surface area contributed by atoms with Crippen molar-refractivity contribution in [1.29, 1.82) is 0 Å². The highest BCUT2D eigenvalue weighted by atomic mass is 16.5. The van der Waals surface area contributed by atoms with E-state index in [1.54, 1.807) is 14.2 Å². The van der Waals surface area contributed by atoms with Crippen LogP contribution in [0.25, 0.3) is 10.9 Å². The Morgan fingerprint density at radius 3 is 2.23 bits per heavy atom. The van der Waals surface area contributed by atoms with E-state index in [1.165, 1.54) is 16.5 Å². The molecule has 1 aromatic heterocycles. The number of benzene rings is 3. The largest absolute Gasteiger partial charge is 0.497 e. The summed E-state index contributed by atoms with van der Waals surface area (Å²) < 4.78 is 13.5. The summed E-state index contributed by atoms with van der Waals surface area (Å²) in [5.74, 6) is 1.54. The first-order chi connectivity index (χ1) is 17.2. The van der Waals surface area contributed by atoms with Gasteiger partial charge in [-0.05, 0) is 47.7 Å². The third kappa shape index (κ3) is 4.90. The predicted octanol–water partition coefficient (Wildman–Crippen LogP) is 5.85. The zero-order chi connectivity index (χ0) is 24.2. The normalized spacial score (nSPS) is 14.3. The van der Waals surface area contributed by atoms with E-state index in [2.05, 4.69) is 59.3 Å². The Morgan fingerprint density at radius 1 is 0.886 bits per heavy atom. The Kier molecular flexibility index (Phi) is 6.75. The highest BCUT2D eigenvalue weighted by molar-refractivity contribution is 5.87. The smallest absolute Gasteiger partial charge is 0.223 e. The monoisotopic (exact) mass is 468 g/mol. The molecule has 35 heavy (non-hydrogen) atoms. The first kappa shape index (κ1) is 23.0. The van der Waals surface area contributed by atoms with Crippen LogP contribution >= 0.6 is 0 Å². The molecule has 1 fully saturated rings. The Balaban J connectivity index is 1.62. The minimum atomic E-state index is -0.117. The quantitative estimate of drug-likeness (QED) is 0.326. The summed E-state index contributed by atoms with van der Waals surface area (Å²) >= 11 is 0. The Morgan fingerprint density at radius 2 is 1.54 bits per heavy atom. The second-order valence-corrected chi connectivity index (χ2v) is 9.21. The summed E-state index contributed by atoms with van der Waals surface area (Å²) in [4.78, 5) is 15.4. The van der Waals surface area contributed by atoms with Gasteiger partial charge in [0.15, 0.2) is 0 Å². The summed E-state index contributed by atoms with van der Waals surface area (Å²) in [5, 5.41) is 1.17. The molecule has 0 saturated carbocycles. The van der Waals surface area contributed by atoms with Crippen LogP contribution in [-0.2, 0) is 11.3 Å². The highest BCUT2D eigenvalue weighted by Crippen LogP contribution is 2.38. The van der Waals surface area contributed by atoms with E-state index >= 15 is 0 Å². The average Bonchev–Trinajstić information content (AvgIpc) is 3.57. The molecule has 0 spiro atoms. The van der Waals surface area contributed by atoms with Crippen molar-refractivity contribution in [2.24, 2.45) is 0 Å². The average molecular weight is 469 g/mol. The van der Waals surface area contributed by atoms with E-state index in [4.69, 9.17) is 9.47 Å². The molecule has 5 nitrogen and oxygen atoms in total. The van der Waals surface area contributed by atoms with Gasteiger partial charge >= 0.3 is 0 Å². The second kappa shape index (κ2) is 10.3. The molecule has 5 heteroatoms. The maximum atomic E-state index is 13.4. The maximum Gasteiger partial charge on any atom is 0.223 e. The number of rotatable bonds is 8. The van der Waals surface area contributed by atoms with E-state index in [0.717, 1.165) is 55.1 Å². The first-order valence-electron chi connectivity index (χ1n) is 12.3. The summed E-state index contributed by atoms with van der Waals surface area (Å²) in [7, 11) is 3.32. The molecule has 1 unspecified atom stereocenters. The van der Waals surface area contributed by atoms with Crippen LogP contribution in [0.3, 0.4) is 0 Å². The highest BCUT2D eigenvalue weighted by Gasteiger charge is 2.27. The van der Waals surface area contributed by atoms with Crippen LogP contribution in [0.2, 0.25) is 0 Å². The van der Waals surface area contributed by atoms with Crippen molar-refractivity contribution in [1.82, 2.24) is 9.47 Å². The fraction of sp³-hybridized carbons (Fsp3) is 0.300. The van der Waals surface area contributed by atoms with Crippen molar-refractivity contribution in [3.8, 4) is 11.5 Å². The van der Waals surface area contributed by atoms with Gasteiger partial charge < -0.3 is 18.9 Å². The molecule has 1 atom stereocenters. The van der Waals surface area contributed by atoms with Crippen LogP contribution in [0.1, 0.15) is 41.9 Å². The number of fused-ring (bicyclic) bond motifs is 1. The van der Waals surface area contributed by atoms with Crippen molar-refractivity contribution in [3.05, 3.63) is 95.7 Å². The van der Waals surface area contributed by atoms with Crippen LogP contribution in [0, 0.1) is 0 Å². The van der Waals surface area contributed by atoms with Crippen LogP contribution in [0.15, 0.2) is 79.0 Å². The lowest BCUT2D eigenvalue weighted by atomic mass is 9.87. The minimum absolute atomic E-state index is 0.117. The molecule has 1 amide bonds. The summed E-state index contributed by atoms with van der Waals surface area (Å²) in [5.41, 5.74) is 4.59. The number of carbonyl (C=O) groups excluding carboxylic acids is 1. The maximum absolute atomic E-state index is 13.4. The molecule has 0 radical (unpaired) electrons. The van der Waals surface area contributed by atoms with E-state index in [0.29, 0.717) is 6.42 Å². The predicted molar refractivity (Wildman–Crippen MR) is 139 cm³/mol. The topological polar surface area (TPSA) is 43.7 Å². The molecule has 4 aromatic rings. The van der Waals surface area contributed by atoms with Gasteiger partial charge in [0.05, 0.1) is 14.2 Å². The molecule has 1 aliphatic rings. The van der Waals surface area contributed by atoms with Gasteiger partial charge in [0.25, 0.3) is 0 Å². The molecule has 3 aromatic carbocycles. The van der Waals surface area contributed by atoms with Crippen molar-refractivity contribution in [3.63, 3.8) is 0 Å². The van der Waals surface area contributed by atoms with Gasteiger partial charge in [-0.25, -0.2) is 0 Å². The number of ether oxygens (including phenoxy) is 2. The van der Waals surface area contributed by atoms with Gasteiger partial charge in [-0.1, -0.05) is 48.5 Å². The van der Waals surface area contributed by atoms with Gasteiger partial charge in [-0.2, -0.15) is 0 Å². The fourth-order valence-corrected chi connectivity index (χ4v) is 5.17. The van der Waals surface area contributed by atoms with Crippen LogP contribution < -0.4 is 9.47 Å². The SMILES string of the molecule is COc1cc(OC)cc(C(CC(=O)N2CCCC2)c2cn(Cc3ccccc3)c3ccccc23)c1. The Bertz CT molecular complexity index is 1280. The third-order valence-corrected chi connectivity index (χ3v) is 7.00. The molecule has 1 aliphatic heterocycles. The second-order valence-electron chi connectivity index (χ2n) is 9.21. The molecular formula is C30H32N2O3. The van der Waals surface area contributed by atoms with Crippen molar-refractivity contribution >= 4 is 16.8 Å². The molecule has 0 bridgehead atoms. The van der Waals surface area contributed by atoms with Crippen molar-refractivity contribution in [2.45, 2.75) is 31.7 Å². The number of methoxy groups -OCH3 is 2. The number of para-hydroxylation sites is 1. The van der Waals surface area contributed by atoms with Crippen LogP contribution in [0.5, 0.6) is 11.5 Å². The number of likely N-dealkylation sites (tertiary alicyclic amines) is 1. The van der Waals surface area contributed by atoms with E-state index in [9.17, 15) is 4.79 Å². The van der Waals surface area contributed by atoms with E-state index < -0.39 is 0 Å². The zero-order valence-electron chi connectivity index (χ0n) is 20.4. The number of hydrogen-bond acceptors (Lipinski definition) is 3. The molecule has 180 valence electrons. The fourth-order valence-electron chi connectivity index (χ4n) is 5.17. The van der Waals surface area contributed by atoms with E-state index in [1.807, 2.05) is 29.2 Å². The Labute approximate surface area is 206 Å². The summed E-state index contributed by atoms with van der Waals surface area (Å²) in [6, 6.07) is 24.9. The number of hydrogen-bond donors (Lipinski definition) is 0. The van der Waals surface area contributed by atoms with Gasteiger partial charge in [0.2, 0.25) is 5.91 Å². The Hall–Kier alpha value is -3.73. The van der Waals surface area contributed by atoms with E-state index in [-0.39, 0.29) is 11.8 Å². The zero-order valence-corrected chi connectivity index (χ0v) is 20.4. The number of amides is 1. The first-order valence-corrected chi connectivity index (χ1v) is 12.3. The molecular weight excluding hydrogens is 436 g/mol. The number of nitrogens with zero attached hydrogens (tertiary/aromatic N) is 2. The summed E-state index contributed by atoms with van der Waals surface area (Å²) in [6.07, 6.45) is 4.81. The number of carbonyl (C=O) groups is 1. The minimum Gasteiger partial charge on any atom is -0.497 e. The van der Waals surface area contributed by atoms with Gasteiger partial charge in [-0.3, -0.25) is 4.79 Å². The van der Waals surface area contributed by atoms with Gasteiger partial charge in [0.1, 0.15) is 11.5 Å². The molecule has 0 aliphatic carbocycles. The number of aromatic nitrogens is 1.